The number of rotatable bonds is 4. The minimum atomic E-state index is -0.297. The van der Waals surface area contributed by atoms with Crippen LogP contribution in [0.3, 0.4) is 0 Å². The van der Waals surface area contributed by atoms with Gasteiger partial charge in [-0.05, 0) is 56.3 Å². The largest absolute Gasteiger partial charge is 0.492 e. The molecule has 0 spiro atoms. The number of furan rings is 1. The predicted molar refractivity (Wildman–Crippen MR) is 110 cm³/mol. The number of ether oxygens (including phenoxy) is 1. The van der Waals surface area contributed by atoms with Crippen molar-refractivity contribution < 1.29 is 13.9 Å². The molecule has 2 aromatic carbocycles. The quantitative estimate of drug-likeness (QED) is 0.456. The van der Waals surface area contributed by atoms with Crippen molar-refractivity contribution in [2.24, 2.45) is 0 Å². The Hall–Kier alpha value is -2.86. The Morgan fingerprint density at radius 1 is 1.22 bits per heavy atom. The molecule has 0 radical (unpaired) electrons. The summed E-state index contributed by atoms with van der Waals surface area (Å²) in [5.74, 6) is 0.694. The third kappa shape index (κ3) is 3.17. The SMILES string of the molecule is CCOc1ccc(NC(=O)c2oc3ccc(Br)cc3c2C)c2cccnc12. The van der Waals surface area contributed by atoms with Crippen molar-refractivity contribution in [1.82, 2.24) is 4.98 Å². The van der Waals surface area contributed by atoms with E-state index in [0.29, 0.717) is 34.9 Å². The Bertz CT molecular complexity index is 1170. The molecule has 1 amide bonds. The van der Waals surface area contributed by atoms with Crippen LogP contribution >= 0.6 is 15.9 Å². The van der Waals surface area contributed by atoms with Crippen molar-refractivity contribution in [2.75, 3.05) is 11.9 Å². The lowest BCUT2D eigenvalue weighted by molar-refractivity contribution is 0.0998. The number of carbonyl (C=O) groups is 1. The molecule has 27 heavy (non-hydrogen) atoms. The van der Waals surface area contributed by atoms with Gasteiger partial charge in [0.05, 0.1) is 12.3 Å². The number of pyridine rings is 1. The van der Waals surface area contributed by atoms with Gasteiger partial charge in [-0.3, -0.25) is 9.78 Å². The predicted octanol–water partition coefficient (Wildman–Crippen LogP) is 5.70. The van der Waals surface area contributed by atoms with Crippen molar-refractivity contribution >= 4 is 49.4 Å². The molecule has 6 heteroatoms. The summed E-state index contributed by atoms with van der Waals surface area (Å²) in [7, 11) is 0. The first-order valence-electron chi connectivity index (χ1n) is 8.59. The summed E-state index contributed by atoms with van der Waals surface area (Å²) in [5, 5.41) is 4.67. The van der Waals surface area contributed by atoms with Gasteiger partial charge < -0.3 is 14.5 Å². The van der Waals surface area contributed by atoms with Crippen molar-refractivity contribution in [1.29, 1.82) is 0 Å². The van der Waals surface area contributed by atoms with Crippen LogP contribution in [0.2, 0.25) is 0 Å². The van der Waals surface area contributed by atoms with Gasteiger partial charge in [-0.2, -0.15) is 0 Å². The summed E-state index contributed by atoms with van der Waals surface area (Å²) in [6, 6.07) is 13.1. The van der Waals surface area contributed by atoms with Crippen LogP contribution in [0.5, 0.6) is 5.75 Å². The molecule has 0 aliphatic carbocycles. The number of hydrogen-bond donors (Lipinski definition) is 1. The van der Waals surface area contributed by atoms with E-state index in [1.54, 1.807) is 6.20 Å². The molecule has 2 aromatic heterocycles. The summed E-state index contributed by atoms with van der Waals surface area (Å²) in [4.78, 5) is 17.3. The van der Waals surface area contributed by atoms with E-state index in [1.807, 2.05) is 56.3 Å². The lowest BCUT2D eigenvalue weighted by Gasteiger charge is -2.11. The highest BCUT2D eigenvalue weighted by molar-refractivity contribution is 9.10. The van der Waals surface area contributed by atoms with Gasteiger partial charge in [-0.25, -0.2) is 0 Å². The molecule has 0 aliphatic heterocycles. The normalized spacial score (nSPS) is 11.1. The number of aromatic nitrogens is 1. The molecule has 136 valence electrons. The maximum absolute atomic E-state index is 12.9. The molecule has 0 atom stereocenters. The molecule has 4 aromatic rings. The second-order valence-corrected chi connectivity index (χ2v) is 7.01. The van der Waals surface area contributed by atoms with Gasteiger partial charge in [0.2, 0.25) is 0 Å². The number of hydrogen-bond acceptors (Lipinski definition) is 4. The maximum Gasteiger partial charge on any atom is 0.291 e. The molecule has 0 fully saturated rings. The Kier molecular flexibility index (Phi) is 4.58. The molecule has 0 unspecified atom stereocenters. The molecule has 0 saturated heterocycles. The van der Waals surface area contributed by atoms with E-state index < -0.39 is 0 Å². The zero-order chi connectivity index (χ0) is 19.0. The first-order chi connectivity index (χ1) is 13.1. The number of nitrogens with zero attached hydrogens (tertiary/aromatic N) is 1. The summed E-state index contributed by atoms with van der Waals surface area (Å²) in [5.41, 5.74) is 2.85. The Labute approximate surface area is 164 Å². The average molecular weight is 425 g/mol. The molecule has 2 heterocycles. The number of carbonyl (C=O) groups excluding carboxylic acids is 1. The maximum atomic E-state index is 12.9. The zero-order valence-electron chi connectivity index (χ0n) is 14.9. The smallest absolute Gasteiger partial charge is 0.291 e. The van der Waals surface area contributed by atoms with Gasteiger partial charge in [0, 0.05) is 27.0 Å². The number of benzene rings is 2. The van der Waals surface area contributed by atoms with Gasteiger partial charge in [-0.15, -0.1) is 0 Å². The van der Waals surface area contributed by atoms with Crippen LogP contribution < -0.4 is 10.1 Å². The van der Waals surface area contributed by atoms with E-state index in [4.69, 9.17) is 9.15 Å². The fourth-order valence-corrected chi connectivity index (χ4v) is 3.48. The summed E-state index contributed by atoms with van der Waals surface area (Å²) in [6.45, 7) is 4.35. The Balaban J connectivity index is 1.73. The Morgan fingerprint density at radius 2 is 2.07 bits per heavy atom. The fourth-order valence-electron chi connectivity index (χ4n) is 3.12. The van der Waals surface area contributed by atoms with Crippen LogP contribution in [-0.4, -0.2) is 17.5 Å². The molecule has 0 bridgehead atoms. The molecule has 0 saturated carbocycles. The van der Waals surface area contributed by atoms with Crippen molar-refractivity contribution in [3.8, 4) is 5.75 Å². The van der Waals surface area contributed by atoms with Crippen LogP contribution in [0.15, 0.2) is 57.6 Å². The van der Waals surface area contributed by atoms with E-state index >= 15 is 0 Å². The van der Waals surface area contributed by atoms with Crippen LogP contribution in [0.4, 0.5) is 5.69 Å². The van der Waals surface area contributed by atoms with Crippen molar-refractivity contribution in [3.63, 3.8) is 0 Å². The third-order valence-electron chi connectivity index (χ3n) is 4.39. The zero-order valence-corrected chi connectivity index (χ0v) is 16.5. The highest BCUT2D eigenvalue weighted by atomic mass is 79.9. The lowest BCUT2D eigenvalue weighted by atomic mass is 10.1. The first-order valence-corrected chi connectivity index (χ1v) is 9.38. The monoisotopic (exact) mass is 424 g/mol. The minimum absolute atomic E-state index is 0.297. The summed E-state index contributed by atoms with van der Waals surface area (Å²) < 4.78 is 12.4. The minimum Gasteiger partial charge on any atom is -0.492 e. The number of amides is 1. The van der Waals surface area contributed by atoms with Gasteiger partial charge in [0.25, 0.3) is 5.91 Å². The molecular weight excluding hydrogens is 408 g/mol. The fraction of sp³-hybridized carbons (Fsp3) is 0.143. The molecular formula is C21H17BrN2O3. The highest BCUT2D eigenvalue weighted by Crippen LogP contribution is 2.32. The van der Waals surface area contributed by atoms with Gasteiger partial charge in [0.1, 0.15) is 16.8 Å². The van der Waals surface area contributed by atoms with E-state index in [0.717, 1.165) is 20.8 Å². The van der Waals surface area contributed by atoms with E-state index in [9.17, 15) is 4.79 Å². The first kappa shape index (κ1) is 17.5. The second kappa shape index (κ2) is 7.04. The highest BCUT2D eigenvalue weighted by Gasteiger charge is 2.19. The molecule has 1 N–H and O–H groups in total. The number of nitrogens with one attached hydrogen (secondary N) is 1. The van der Waals surface area contributed by atoms with E-state index in [2.05, 4.69) is 26.2 Å². The van der Waals surface area contributed by atoms with E-state index in [1.165, 1.54) is 0 Å². The van der Waals surface area contributed by atoms with Crippen molar-refractivity contribution in [3.05, 3.63) is 64.5 Å². The number of aryl methyl sites for hydroxylation is 1. The van der Waals surface area contributed by atoms with Crippen molar-refractivity contribution in [2.45, 2.75) is 13.8 Å². The topological polar surface area (TPSA) is 64.4 Å². The third-order valence-corrected chi connectivity index (χ3v) is 4.88. The van der Waals surface area contributed by atoms with Crippen LogP contribution in [-0.2, 0) is 0 Å². The van der Waals surface area contributed by atoms with Crippen LogP contribution in [0.25, 0.3) is 21.9 Å². The summed E-state index contributed by atoms with van der Waals surface area (Å²) in [6.07, 6.45) is 1.71. The van der Waals surface area contributed by atoms with Gasteiger partial charge in [0.15, 0.2) is 5.76 Å². The number of anilines is 1. The summed E-state index contributed by atoms with van der Waals surface area (Å²) >= 11 is 3.45. The van der Waals surface area contributed by atoms with Crippen LogP contribution in [0, 0.1) is 6.92 Å². The molecule has 4 rings (SSSR count). The standard InChI is InChI=1S/C21H17BrN2O3/c1-3-26-18-9-7-16(14-5-4-10-23-19(14)18)24-21(25)20-12(2)15-11-13(22)6-8-17(15)27-20/h4-11H,3H2,1-2H3,(H,24,25). The van der Waals surface area contributed by atoms with Gasteiger partial charge in [-0.1, -0.05) is 15.9 Å². The number of fused-ring (bicyclic) bond motifs is 2. The molecule has 5 nitrogen and oxygen atoms in total. The number of halogens is 1. The average Bonchev–Trinajstić information content (AvgIpc) is 3.00. The van der Waals surface area contributed by atoms with E-state index in [-0.39, 0.29) is 5.91 Å². The van der Waals surface area contributed by atoms with Gasteiger partial charge >= 0.3 is 0 Å². The van der Waals surface area contributed by atoms with Crippen LogP contribution in [0.1, 0.15) is 23.0 Å². The second-order valence-electron chi connectivity index (χ2n) is 6.09. The molecule has 0 aliphatic rings. The lowest BCUT2D eigenvalue weighted by Crippen LogP contribution is -2.12. The Morgan fingerprint density at radius 3 is 2.89 bits per heavy atom.